The maximum atomic E-state index is 12.0. The molecule has 0 saturated heterocycles. The lowest BCUT2D eigenvalue weighted by atomic mass is 10.1. The molecule has 1 aromatic rings. The van der Waals surface area contributed by atoms with Crippen molar-refractivity contribution in [3.63, 3.8) is 0 Å². The maximum absolute atomic E-state index is 12.0. The van der Waals surface area contributed by atoms with E-state index < -0.39 is 22.8 Å². The third kappa shape index (κ3) is 5.99. The Morgan fingerprint density at radius 2 is 1.91 bits per heavy atom. The highest BCUT2D eigenvalue weighted by Gasteiger charge is 2.20. The number of carbonyl (C=O) groups excluding carboxylic acids is 1. The number of non-ortho nitro benzene ring substituents is 1. The summed E-state index contributed by atoms with van der Waals surface area (Å²) in [5, 5.41) is 22.0. The van der Waals surface area contributed by atoms with Crippen LogP contribution in [0.25, 0.3) is 0 Å². The number of rotatable bonds is 8. The summed E-state index contributed by atoms with van der Waals surface area (Å²) < 4.78 is 0. The molecule has 124 valence electrons. The molecular formula is C13H17N5O5. The van der Waals surface area contributed by atoms with Gasteiger partial charge in [-0.05, 0) is 25.0 Å². The third-order valence-corrected chi connectivity index (χ3v) is 2.89. The van der Waals surface area contributed by atoms with E-state index in [1.807, 2.05) is 0 Å². The predicted octanol–water partition coefficient (Wildman–Crippen LogP) is -0.169. The first-order valence-electron chi connectivity index (χ1n) is 6.64. The van der Waals surface area contributed by atoms with Crippen molar-refractivity contribution in [2.45, 2.75) is 18.9 Å². The van der Waals surface area contributed by atoms with Crippen LogP contribution in [0.2, 0.25) is 0 Å². The minimum atomic E-state index is -1.19. The SMILES string of the molecule is NC(N)=NCCCC(NC(=O)c1ccc([N+](=O)[O-])cc1)C(=O)O. The van der Waals surface area contributed by atoms with Crippen molar-refractivity contribution in [1.29, 1.82) is 0 Å². The topological polar surface area (TPSA) is 174 Å². The molecule has 10 nitrogen and oxygen atoms in total. The van der Waals surface area contributed by atoms with Crippen LogP contribution in [0.3, 0.4) is 0 Å². The molecule has 6 N–H and O–H groups in total. The van der Waals surface area contributed by atoms with Gasteiger partial charge in [0, 0.05) is 24.2 Å². The standard InChI is InChI=1S/C13H17N5O5/c14-13(15)16-7-1-2-10(12(20)21)17-11(19)8-3-5-9(6-4-8)18(22)23/h3-6,10H,1-2,7H2,(H,17,19)(H,20,21)(H4,14,15,16). The summed E-state index contributed by atoms with van der Waals surface area (Å²) in [6.07, 6.45) is 0.514. The normalized spacial score (nSPS) is 11.3. The fourth-order valence-corrected chi connectivity index (χ4v) is 1.74. The summed E-state index contributed by atoms with van der Waals surface area (Å²) in [4.78, 5) is 36.8. The third-order valence-electron chi connectivity index (χ3n) is 2.89. The van der Waals surface area contributed by atoms with Crippen LogP contribution in [0.5, 0.6) is 0 Å². The lowest BCUT2D eigenvalue weighted by Gasteiger charge is -2.14. The molecule has 1 amide bonds. The van der Waals surface area contributed by atoms with E-state index in [0.29, 0.717) is 6.42 Å². The van der Waals surface area contributed by atoms with Gasteiger partial charge in [-0.3, -0.25) is 19.9 Å². The van der Waals surface area contributed by atoms with Crippen LogP contribution in [-0.2, 0) is 4.79 Å². The van der Waals surface area contributed by atoms with E-state index in [1.54, 1.807) is 0 Å². The van der Waals surface area contributed by atoms with Crippen molar-refractivity contribution >= 4 is 23.5 Å². The van der Waals surface area contributed by atoms with Gasteiger partial charge in [0.1, 0.15) is 6.04 Å². The number of hydrogen-bond acceptors (Lipinski definition) is 5. The Kier molecular flexibility index (Phi) is 6.46. The molecule has 0 fully saturated rings. The van der Waals surface area contributed by atoms with Gasteiger partial charge in [0.2, 0.25) is 0 Å². The first-order chi connectivity index (χ1) is 10.8. The van der Waals surface area contributed by atoms with Gasteiger partial charge in [-0.15, -0.1) is 0 Å². The van der Waals surface area contributed by atoms with E-state index in [2.05, 4.69) is 10.3 Å². The van der Waals surface area contributed by atoms with Crippen molar-refractivity contribution < 1.29 is 19.6 Å². The molecule has 0 aromatic heterocycles. The highest BCUT2D eigenvalue weighted by Crippen LogP contribution is 2.12. The van der Waals surface area contributed by atoms with Crippen LogP contribution in [0, 0.1) is 10.1 Å². The minimum absolute atomic E-state index is 0.0909. The predicted molar refractivity (Wildman–Crippen MR) is 81.9 cm³/mol. The number of nitrogens with one attached hydrogen (secondary N) is 1. The van der Waals surface area contributed by atoms with Gasteiger partial charge in [-0.25, -0.2) is 4.79 Å². The first-order valence-corrected chi connectivity index (χ1v) is 6.64. The van der Waals surface area contributed by atoms with E-state index in [1.165, 1.54) is 24.3 Å². The number of guanidine groups is 1. The van der Waals surface area contributed by atoms with Crippen molar-refractivity contribution in [2.24, 2.45) is 16.5 Å². The molecule has 0 aliphatic carbocycles. The number of aliphatic imine (C=N–C) groups is 1. The lowest BCUT2D eigenvalue weighted by Crippen LogP contribution is -2.40. The summed E-state index contributed by atoms with van der Waals surface area (Å²) in [5.74, 6) is -1.91. The van der Waals surface area contributed by atoms with Crippen molar-refractivity contribution in [3.8, 4) is 0 Å². The second-order valence-electron chi connectivity index (χ2n) is 4.62. The van der Waals surface area contributed by atoms with Gasteiger partial charge in [0.15, 0.2) is 5.96 Å². The van der Waals surface area contributed by atoms with Gasteiger partial charge in [-0.2, -0.15) is 0 Å². The Morgan fingerprint density at radius 3 is 2.39 bits per heavy atom. The van der Waals surface area contributed by atoms with Crippen LogP contribution in [-0.4, -0.2) is 40.5 Å². The maximum Gasteiger partial charge on any atom is 0.326 e. The molecule has 1 rings (SSSR count). The molecule has 0 bridgehead atoms. The minimum Gasteiger partial charge on any atom is -0.480 e. The summed E-state index contributed by atoms with van der Waals surface area (Å²) >= 11 is 0. The van der Waals surface area contributed by atoms with Gasteiger partial charge in [-0.1, -0.05) is 0 Å². The van der Waals surface area contributed by atoms with E-state index in [-0.39, 0.29) is 30.2 Å². The van der Waals surface area contributed by atoms with E-state index >= 15 is 0 Å². The first kappa shape index (κ1) is 17.9. The number of benzene rings is 1. The second kappa shape index (κ2) is 8.32. The Hall–Kier alpha value is -3.17. The van der Waals surface area contributed by atoms with Crippen molar-refractivity contribution in [2.75, 3.05) is 6.54 Å². The summed E-state index contributed by atoms with van der Waals surface area (Å²) in [6, 6.07) is 3.75. The number of carboxylic acids is 1. The Morgan fingerprint density at radius 1 is 1.30 bits per heavy atom. The number of amides is 1. The average Bonchev–Trinajstić information content (AvgIpc) is 2.49. The number of nitro benzene ring substituents is 1. The van der Waals surface area contributed by atoms with E-state index in [4.69, 9.17) is 16.6 Å². The largest absolute Gasteiger partial charge is 0.480 e. The number of hydrogen-bond donors (Lipinski definition) is 4. The van der Waals surface area contributed by atoms with Crippen molar-refractivity contribution in [1.82, 2.24) is 5.32 Å². The zero-order valence-corrected chi connectivity index (χ0v) is 12.1. The average molecular weight is 323 g/mol. The summed E-state index contributed by atoms with van der Waals surface area (Å²) in [6.45, 7) is 0.250. The van der Waals surface area contributed by atoms with Gasteiger partial charge in [0.05, 0.1) is 4.92 Å². The number of carboxylic acid groups (broad SMARTS) is 1. The molecule has 10 heteroatoms. The molecule has 0 aliphatic heterocycles. The van der Waals surface area contributed by atoms with Crippen LogP contribution in [0.15, 0.2) is 29.3 Å². The Labute approximate surface area is 131 Å². The van der Waals surface area contributed by atoms with Crippen molar-refractivity contribution in [3.05, 3.63) is 39.9 Å². The smallest absolute Gasteiger partial charge is 0.326 e. The highest BCUT2D eigenvalue weighted by molar-refractivity contribution is 5.96. The molecule has 1 unspecified atom stereocenters. The zero-order valence-electron chi connectivity index (χ0n) is 12.1. The molecular weight excluding hydrogens is 306 g/mol. The molecule has 23 heavy (non-hydrogen) atoms. The van der Waals surface area contributed by atoms with Gasteiger partial charge < -0.3 is 21.9 Å². The molecule has 0 spiro atoms. The molecule has 1 atom stereocenters. The summed E-state index contributed by atoms with van der Waals surface area (Å²) in [7, 11) is 0. The second-order valence-corrected chi connectivity index (χ2v) is 4.62. The fraction of sp³-hybridized carbons (Fsp3) is 0.308. The quantitative estimate of drug-likeness (QED) is 0.169. The molecule has 0 saturated carbocycles. The zero-order chi connectivity index (χ0) is 17.4. The number of aliphatic carboxylic acids is 1. The molecule has 0 aliphatic rings. The number of nitro groups is 1. The van der Waals surface area contributed by atoms with Gasteiger partial charge >= 0.3 is 5.97 Å². The Bertz CT molecular complexity index is 610. The van der Waals surface area contributed by atoms with E-state index in [9.17, 15) is 19.7 Å². The highest BCUT2D eigenvalue weighted by atomic mass is 16.6. The number of nitrogens with two attached hydrogens (primary N) is 2. The molecule has 0 heterocycles. The summed E-state index contributed by atoms with van der Waals surface area (Å²) in [5.41, 5.74) is 10.3. The number of carbonyl (C=O) groups is 2. The fourth-order valence-electron chi connectivity index (χ4n) is 1.74. The van der Waals surface area contributed by atoms with Crippen LogP contribution in [0.4, 0.5) is 5.69 Å². The Balaban J connectivity index is 2.64. The lowest BCUT2D eigenvalue weighted by molar-refractivity contribution is -0.384. The van der Waals surface area contributed by atoms with Crippen LogP contribution >= 0.6 is 0 Å². The monoisotopic (exact) mass is 323 g/mol. The van der Waals surface area contributed by atoms with Gasteiger partial charge in [0.25, 0.3) is 11.6 Å². The van der Waals surface area contributed by atoms with Crippen LogP contribution < -0.4 is 16.8 Å². The molecule has 1 aromatic carbocycles. The number of nitrogens with zero attached hydrogens (tertiary/aromatic N) is 2. The van der Waals surface area contributed by atoms with Crippen LogP contribution in [0.1, 0.15) is 23.2 Å². The van der Waals surface area contributed by atoms with E-state index in [0.717, 1.165) is 0 Å². The molecule has 0 radical (unpaired) electrons.